The highest BCUT2D eigenvalue weighted by atomic mass is 127. The first-order chi connectivity index (χ1) is 9.66. The number of morpholine rings is 1. The maximum absolute atomic E-state index is 6.00. The number of guanidine groups is 1. The van der Waals surface area contributed by atoms with Gasteiger partial charge in [-0.25, -0.2) is 4.98 Å². The molecular weight excluding hydrogens is 428 g/mol. The van der Waals surface area contributed by atoms with Crippen LogP contribution in [0.25, 0.3) is 0 Å². The number of nitrogens with one attached hydrogen (secondary N) is 1. The van der Waals surface area contributed by atoms with Gasteiger partial charge in [-0.15, -0.1) is 24.0 Å². The first kappa shape index (κ1) is 18.5. The fourth-order valence-electron chi connectivity index (χ4n) is 1.78. The van der Waals surface area contributed by atoms with Gasteiger partial charge in [0, 0.05) is 25.8 Å². The predicted octanol–water partition coefficient (Wildman–Crippen LogP) is 2.07. The van der Waals surface area contributed by atoms with Crippen LogP contribution in [0.5, 0.6) is 0 Å². The van der Waals surface area contributed by atoms with Gasteiger partial charge in [-0.05, 0) is 6.07 Å². The Morgan fingerprint density at radius 3 is 2.81 bits per heavy atom. The van der Waals surface area contributed by atoms with Crippen LogP contribution in [0.1, 0.15) is 0 Å². The molecule has 21 heavy (non-hydrogen) atoms. The number of pyridine rings is 1. The van der Waals surface area contributed by atoms with Crippen LogP contribution < -0.4 is 11.1 Å². The summed E-state index contributed by atoms with van der Waals surface area (Å²) in [6, 6.07) is 1.64. The number of hydrogen-bond donors (Lipinski definition) is 2. The Kier molecular flexibility index (Phi) is 8.38. The van der Waals surface area contributed by atoms with Crippen LogP contribution in [0.2, 0.25) is 10.0 Å². The minimum atomic E-state index is 0. The summed E-state index contributed by atoms with van der Waals surface area (Å²) < 4.78 is 5.26. The fraction of sp³-hybridized carbons (Fsp3) is 0.500. The molecule has 1 aromatic heterocycles. The summed E-state index contributed by atoms with van der Waals surface area (Å²) in [5, 5.41) is 4.09. The Morgan fingerprint density at radius 2 is 2.14 bits per heavy atom. The van der Waals surface area contributed by atoms with Gasteiger partial charge in [-0.1, -0.05) is 23.2 Å². The second-order valence-corrected chi connectivity index (χ2v) is 5.09. The molecule has 1 aliphatic heterocycles. The lowest BCUT2D eigenvalue weighted by atomic mass is 10.4. The molecule has 0 atom stereocenters. The van der Waals surface area contributed by atoms with Gasteiger partial charge in [0.25, 0.3) is 0 Å². The Hall–Kier alpha value is -0.510. The van der Waals surface area contributed by atoms with Gasteiger partial charge < -0.3 is 20.7 Å². The molecule has 0 spiro atoms. The molecule has 3 N–H and O–H groups in total. The lowest BCUT2D eigenvalue weighted by Gasteiger charge is -2.27. The molecule has 0 unspecified atom stereocenters. The monoisotopic (exact) mass is 445 g/mol. The smallest absolute Gasteiger partial charge is 0.191 e. The van der Waals surface area contributed by atoms with Crippen LogP contribution >= 0.6 is 47.2 Å². The van der Waals surface area contributed by atoms with E-state index in [1.807, 2.05) is 4.90 Å². The van der Waals surface area contributed by atoms with Crippen LogP contribution in [-0.2, 0) is 4.74 Å². The van der Waals surface area contributed by atoms with E-state index in [0.717, 1.165) is 13.1 Å². The van der Waals surface area contributed by atoms with Gasteiger partial charge in [0.2, 0.25) is 0 Å². The number of halogens is 3. The van der Waals surface area contributed by atoms with Crippen LogP contribution in [0.4, 0.5) is 5.82 Å². The molecule has 1 aliphatic rings. The van der Waals surface area contributed by atoms with Gasteiger partial charge in [-0.3, -0.25) is 4.99 Å². The van der Waals surface area contributed by atoms with E-state index >= 15 is 0 Å². The lowest BCUT2D eigenvalue weighted by molar-refractivity contribution is 0.0674. The highest BCUT2D eigenvalue weighted by Crippen LogP contribution is 2.22. The minimum Gasteiger partial charge on any atom is -0.378 e. The summed E-state index contributed by atoms with van der Waals surface area (Å²) in [6.07, 6.45) is 1.54. The van der Waals surface area contributed by atoms with Gasteiger partial charge in [0.05, 0.1) is 29.8 Å². The number of hydrogen-bond acceptors (Lipinski definition) is 4. The van der Waals surface area contributed by atoms with Crippen molar-refractivity contribution in [2.45, 2.75) is 0 Å². The van der Waals surface area contributed by atoms with Crippen LogP contribution in [0.3, 0.4) is 0 Å². The van der Waals surface area contributed by atoms with Crippen molar-refractivity contribution >= 4 is 59.0 Å². The third kappa shape index (κ3) is 6.01. The summed E-state index contributed by atoms with van der Waals surface area (Å²) in [5.74, 6) is 1.14. The largest absolute Gasteiger partial charge is 0.378 e. The number of aromatic nitrogens is 1. The summed E-state index contributed by atoms with van der Waals surface area (Å²) in [7, 11) is 0. The fourth-order valence-corrected chi connectivity index (χ4v) is 2.23. The van der Waals surface area contributed by atoms with Crippen LogP contribution in [0, 0.1) is 0 Å². The standard InChI is InChI=1S/C12H17Cl2N5O.HI/c13-9-7-10(14)11(18-8-9)16-1-2-17-12(15)19-3-5-20-6-4-19;/h7-8H,1-6H2,(H2,15,17)(H,16,18);1H. The molecule has 0 aromatic carbocycles. The van der Waals surface area contributed by atoms with Crippen molar-refractivity contribution in [2.24, 2.45) is 10.7 Å². The molecule has 0 radical (unpaired) electrons. The molecule has 0 amide bonds. The zero-order valence-electron chi connectivity index (χ0n) is 11.4. The van der Waals surface area contributed by atoms with Crippen molar-refractivity contribution in [2.75, 3.05) is 44.7 Å². The van der Waals surface area contributed by atoms with Crippen molar-refractivity contribution in [3.8, 4) is 0 Å². The van der Waals surface area contributed by atoms with Crippen LogP contribution in [0.15, 0.2) is 17.3 Å². The lowest BCUT2D eigenvalue weighted by Crippen LogP contribution is -2.45. The number of anilines is 1. The number of nitrogens with two attached hydrogens (primary N) is 1. The van der Waals surface area contributed by atoms with Crippen molar-refractivity contribution in [3.63, 3.8) is 0 Å². The highest BCUT2D eigenvalue weighted by Gasteiger charge is 2.11. The molecule has 0 aliphatic carbocycles. The maximum Gasteiger partial charge on any atom is 0.191 e. The second kappa shape index (κ2) is 9.50. The van der Waals surface area contributed by atoms with Crippen molar-refractivity contribution < 1.29 is 4.74 Å². The highest BCUT2D eigenvalue weighted by molar-refractivity contribution is 14.0. The third-order valence-electron chi connectivity index (χ3n) is 2.82. The average molecular weight is 446 g/mol. The number of aliphatic imine (C=N–C) groups is 1. The van der Waals surface area contributed by atoms with E-state index in [4.69, 9.17) is 33.7 Å². The van der Waals surface area contributed by atoms with E-state index < -0.39 is 0 Å². The van der Waals surface area contributed by atoms with Crippen LogP contribution in [-0.4, -0.2) is 55.2 Å². The summed E-state index contributed by atoms with van der Waals surface area (Å²) in [5.41, 5.74) is 5.91. The van der Waals surface area contributed by atoms with Crippen molar-refractivity contribution in [3.05, 3.63) is 22.3 Å². The summed E-state index contributed by atoms with van der Waals surface area (Å²) in [6.45, 7) is 4.10. The third-order valence-corrected chi connectivity index (χ3v) is 3.32. The molecule has 118 valence electrons. The molecule has 2 heterocycles. The number of nitrogens with zero attached hydrogens (tertiary/aromatic N) is 3. The normalized spacial score (nSPS) is 15.5. The second-order valence-electron chi connectivity index (χ2n) is 4.25. The van der Waals surface area contributed by atoms with E-state index in [1.165, 1.54) is 0 Å². The summed E-state index contributed by atoms with van der Waals surface area (Å²) >= 11 is 11.8. The van der Waals surface area contributed by atoms with Gasteiger partial charge in [0.15, 0.2) is 5.96 Å². The Morgan fingerprint density at radius 1 is 1.43 bits per heavy atom. The minimum absolute atomic E-state index is 0. The van der Waals surface area contributed by atoms with Gasteiger partial charge in [-0.2, -0.15) is 0 Å². The van der Waals surface area contributed by atoms with Crippen molar-refractivity contribution in [1.29, 1.82) is 0 Å². The molecular formula is C12H18Cl2IN5O. The Balaban J connectivity index is 0.00000220. The average Bonchev–Trinajstić information content (AvgIpc) is 2.46. The van der Waals surface area contributed by atoms with E-state index in [0.29, 0.717) is 48.1 Å². The van der Waals surface area contributed by atoms with E-state index in [-0.39, 0.29) is 24.0 Å². The molecule has 0 bridgehead atoms. The molecule has 2 rings (SSSR count). The number of ether oxygens (including phenoxy) is 1. The maximum atomic E-state index is 6.00. The van der Waals surface area contributed by atoms with Gasteiger partial charge in [0.1, 0.15) is 5.82 Å². The molecule has 1 aromatic rings. The van der Waals surface area contributed by atoms with Gasteiger partial charge >= 0.3 is 0 Å². The zero-order valence-corrected chi connectivity index (χ0v) is 15.2. The molecule has 1 fully saturated rings. The number of rotatable bonds is 4. The van der Waals surface area contributed by atoms with E-state index in [2.05, 4.69) is 15.3 Å². The van der Waals surface area contributed by atoms with Crippen molar-refractivity contribution in [1.82, 2.24) is 9.88 Å². The Labute approximate surface area is 151 Å². The topological polar surface area (TPSA) is 75.8 Å². The first-order valence-corrected chi connectivity index (χ1v) is 7.10. The predicted molar refractivity (Wildman–Crippen MR) is 97.0 cm³/mol. The molecule has 6 nitrogen and oxygen atoms in total. The quantitative estimate of drug-likeness (QED) is 0.321. The SMILES string of the molecule is I.NC(=NCCNc1ncc(Cl)cc1Cl)N1CCOCC1. The molecule has 0 saturated carbocycles. The first-order valence-electron chi connectivity index (χ1n) is 6.34. The zero-order chi connectivity index (χ0) is 14.4. The molecule has 9 heteroatoms. The van der Waals surface area contributed by atoms with E-state index in [9.17, 15) is 0 Å². The Bertz CT molecular complexity index is 483. The summed E-state index contributed by atoms with van der Waals surface area (Å²) in [4.78, 5) is 10.4. The van der Waals surface area contributed by atoms with E-state index in [1.54, 1.807) is 12.3 Å². The molecule has 1 saturated heterocycles.